The number of halogens is 1. The molecule has 0 fully saturated rings. The smallest absolute Gasteiger partial charge is 0.260 e. The quantitative estimate of drug-likeness (QED) is 0.241. The van der Waals surface area contributed by atoms with Crippen molar-refractivity contribution in [1.82, 2.24) is 9.97 Å². The number of anilines is 1. The van der Waals surface area contributed by atoms with Gasteiger partial charge in [0.1, 0.15) is 5.75 Å². The third kappa shape index (κ3) is 5.52. The number of hydrogen-bond acceptors (Lipinski definition) is 5. The molecule has 2 aromatic heterocycles. The van der Waals surface area contributed by atoms with Gasteiger partial charge >= 0.3 is 0 Å². The highest BCUT2D eigenvalue weighted by Crippen LogP contribution is 2.34. The standard InChI is InChI=1S/C26H26ClN3O2S/c1-3-4-7-16-32-21-11-9-19(10-12-21)25(31)30(17-20-8-5-6-15-28-20)26-29-24-18(2)22(27)13-14-23(24)33-26/h5-6,8-15H,3-4,7,16-17H2,1-2H3. The second kappa shape index (κ2) is 10.8. The average molecular weight is 480 g/mol. The van der Waals surface area contributed by atoms with Gasteiger partial charge in [-0.2, -0.15) is 0 Å². The molecule has 7 heteroatoms. The third-order valence-corrected chi connectivity index (χ3v) is 6.83. The van der Waals surface area contributed by atoms with Crippen LogP contribution < -0.4 is 9.64 Å². The van der Waals surface area contributed by atoms with Gasteiger partial charge in [0.15, 0.2) is 5.13 Å². The molecule has 0 bridgehead atoms. The maximum Gasteiger partial charge on any atom is 0.260 e. The lowest BCUT2D eigenvalue weighted by atomic mass is 10.2. The van der Waals surface area contributed by atoms with Crippen LogP contribution >= 0.6 is 22.9 Å². The zero-order valence-electron chi connectivity index (χ0n) is 18.8. The van der Waals surface area contributed by atoms with E-state index in [1.807, 2.05) is 49.4 Å². The van der Waals surface area contributed by atoms with Crippen molar-refractivity contribution in [3.63, 3.8) is 0 Å². The number of ether oxygens (including phenoxy) is 1. The first-order valence-corrected chi connectivity index (χ1v) is 12.3. The minimum absolute atomic E-state index is 0.138. The number of fused-ring (bicyclic) bond motifs is 1. The zero-order valence-corrected chi connectivity index (χ0v) is 20.3. The number of hydrogen-bond donors (Lipinski definition) is 0. The number of thiazole rings is 1. The number of rotatable bonds is 9. The Morgan fingerprint density at radius 3 is 2.64 bits per heavy atom. The van der Waals surface area contributed by atoms with E-state index in [9.17, 15) is 4.79 Å². The van der Waals surface area contributed by atoms with E-state index >= 15 is 0 Å². The van der Waals surface area contributed by atoms with Crippen molar-refractivity contribution in [1.29, 1.82) is 0 Å². The number of carbonyl (C=O) groups excluding carboxylic acids is 1. The minimum atomic E-state index is -0.138. The van der Waals surface area contributed by atoms with E-state index in [1.165, 1.54) is 11.3 Å². The molecule has 0 saturated carbocycles. The van der Waals surface area contributed by atoms with E-state index in [0.29, 0.717) is 28.9 Å². The van der Waals surface area contributed by atoms with Crippen molar-refractivity contribution in [2.45, 2.75) is 39.7 Å². The molecule has 0 unspecified atom stereocenters. The van der Waals surface area contributed by atoms with Crippen molar-refractivity contribution in [3.8, 4) is 5.75 Å². The van der Waals surface area contributed by atoms with Crippen LogP contribution in [0, 0.1) is 6.92 Å². The first-order chi connectivity index (χ1) is 16.1. The molecule has 0 aliphatic rings. The van der Waals surface area contributed by atoms with Crippen LogP contribution in [-0.4, -0.2) is 22.5 Å². The van der Waals surface area contributed by atoms with Crippen molar-refractivity contribution >= 4 is 44.2 Å². The maximum absolute atomic E-state index is 13.6. The SMILES string of the molecule is CCCCCOc1ccc(C(=O)N(Cc2ccccn2)c2nc3c(C)c(Cl)ccc3s2)cc1. The highest BCUT2D eigenvalue weighted by atomic mass is 35.5. The summed E-state index contributed by atoms with van der Waals surface area (Å²) in [6, 6.07) is 16.8. The molecule has 0 aliphatic heterocycles. The number of amides is 1. The molecule has 0 radical (unpaired) electrons. The van der Waals surface area contributed by atoms with Crippen LogP contribution in [0.15, 0.2) is 60.8 Å². The number of benzene rings is 2. The Bertz CT molecular complexity index is 1230. The first kappa shape index (κ1) is 23.2. The summed E-state index contributed by atoms with van der Waals surface area (Å²) in [6.07, 6.45) is 5.05. The van der Waals surface area contributed by atoms with Crippen LogP contribution in [0.5, 0.6) is 5.75 Å². The Kier molecular flexibility index (Phi) is 7.57. The number of nitrogens with zero attached hydrogens (tertiary/aromatic N) is 3. The van der Waals surface area contributed by atoms with Crippen LogP contribution in [0.4, 0.5) is 5.13 Å². The Morgan fingerprint density at radius 2 is 1.91 bits per heavy atom. The fourth-order valence-corrected chi connectivity index (χ4v) is 4.65. The summed E-state index contributed by atoms with van der Waals surface area (Å²) in [7, 11) is 0. The van der Waals surface area contributed by atoms with Crippen LogP contribution in [0.1, 0.15) is 47.8 Å². The molecule has 2 aromatic carbocycles. The minimum Gasteiger partial charge on any atom is -0.494 e. The normalized spacial score (nSPS) is 11.0. The van der Waals surface area contributed by atoms with Crippen LogP contribution in [-0.2, 0) is 6.54 Å². The van der Waals surface area contributed by atoms with E-state index in [-0.39, 0.29) is 5.91 Å². The predicted octanol–water partition coefficient (Wildman–Crippen LogP) is 7.07. The topological polar surface area (TPSA) is 55.3 Å². The summed E-state index contributed by atoms with van der Waals surface area (Å²) in [5, 5.41) is 1.28. The Labute approximate surface area is 203 Å². The van der Waals surface area contributed by atoms with Crippen molar-refractivity contribution in [3.05, 3.63) is 82.6 Å². The van der Waals surface area contributed by atoms with Gasteiger partial charge in [-0.05, 0) is 67.4 Å². The molecule has 0 aliphatic carbocycles. The fourth-order valence-electron chi connectivity index (χ4n) is 3.48. The van der Waals surface area contributed by atoms with Gasteiger partial charge in [0.2, 0.25) is 0 Å². The van der Waals surface area contributed by atoms with Gasteiger partial charge in [-0.1, -0.05) is 48.8 Å². The number of aryl methyl sites for hydroxylation is 1. The molecular formula is C26H26ClN3O2S. The molecule has 170 valence electrons. The Morgan fingerprint density at radius 1 is 1.09 bits per heavy atom. The lowest BCUT2D eigenvalue weighted by molar-refractivity contribution is 0.0984. The van der Waals surface area contributed by atoms with Gasteiger partial charge in [0.25, 0.3) is 5.91 Å². The molecule has 0 saturated heterocycles. The predicted molar refractivity (Wildman–Crippen MR) is 136 cm³/mol. The number of aromatic nitrogens is 2. The molecular weight excluding hydrogens is 454 g/mol. The highest BCUT2D eigenvalue weighted by Gasteiger charge is 2.23. The molecule has 4 aromatic rings. The number of pyridine rings is 1. The van der Waals surface area contributed by atoms with E-state index in [0.717, 1.165) is 46.5 Å². The number of carbonyl (C=O) groups is 1. The maximum atomic E-state index is 13.6. The van der Waals surface area contributed by atoms with E-state index in [1.54, 1.807) is 23.2 Å². The van der Waals surface area contributed by atoms with Crippen LogP contribution in [0.3, 0.4) is 0 Å². The molecule has 0 N–H and O–H groups in total. The van der Waals surface area contributed by atoms with Gasteiger partial charge in [-0.15, -0.1) is 0 Å². The van der Waals surface area contributed by atoms with E-state index in [2.05, 4.69) is 11.9 Å². The summed E-state index contributed by atoms with van der Waals surface area (Å²) in [5.41, 5.74) is 3.08. The third-order valence-electron chi connectivity index (χ3n) is 5.38. The largest absolute Gasteiger partial charge is 0.494 e. The molecule has 5 nitrogen and oxygen atoms in total. The van der Waals surface area contributed by atoms with Gasteiger partial charge in [0, 0.05) is 16.8 Å². The average Bonchev–Trinajstić information content (AvgIpc) is 3.28. The van der Waals surface area contributed by atoms with Gasteiger partial charge in [-0.25, -0.2) is 4.98 Å². The first-order valence-electron chi connectivity index (χ1n) is 11.1. The summed E-state index contributed by atoms with van der Waals surface area (Å²) in [5.74, 6) is 0.630. The van der Waals surface area contributed by atoms with E-state index < -0.39 is 0 Å². The van der Waals surface area contributed by atoms with Crippen LogP contribution in [0.25, 0.3) is 10.2 Å². The Balaban J connectivity index is 1.62. The molecule has 2 heterocycles. The summed E-state index contributed by atoms with van der Waals surface area (Å²) >= 11 is 7.77. The lowest BCUT2D eigenvalue weighted by Gasteiger charge is -2.20. The second-order valence-corrected chi connectivity index (χ2v) is 9.22. The summed E-state index contributed by atoms with van der Waals surface area (Å²) < 4.78 is 6.78. The fraction of sp³-hybridized carbons (Fsp3) is 0.269. The van der Waals surface area contributed by atoms with Gasteiger partial charge < -0.3 is 4.74 Å². The highest BCUT2D eigenvalue weighted by molar-refractivity contribution is 7.22. The van der Waals surface area contributed by atoms with Gasteiger partial charge in [0.05, 0.1) is 29.1 Å². The monoisotopic (exact) mass is 479 g/mol. The van der Waals surface area contributed by atoms with Crippen LogP contribution in [0.2, 0.25) is 5.02 Å². The second-order valence-electron chi connectivity index (χ2n) is 7.81. The molecule has 4 rings (SSSR count). The molecule has 33 heavy (non-hydrogen) atoms. The zero-order chi connectivity index (χ0) is 23.2. The molecule has 0 atom stereocenters. The Hall–Kier alpha value is -2.96. The summed E-state index contributed by atoms with van der Waals surface area (Å²) in [4.78, 5) is 24.5. The van der Waals surface area contributed by atoms with Crippen molar-refractivity contribution in [2.75, 3.05) is 11.5 Å². The molecule has 0 spiro atoms. The van der Waals surface area contributed by atoms with Gasteiger partial charge in [-0.3, -0.25) is 14.7 Å². The van der Waals surface area contributed by atoms with Crippen molar-refractivity contribution < 1.29 is 9.53 Å². The van der Waals surface area contributed by atoms with Crippen molar-refractivity contribution in [2.24, 2.45) is 0 Å². The lowest BCUT2D eigenvalue weighted by Crippen LogP contribution is -2.30. The summed E-state index contributed by atoms with van der Waals surface area (Å²) in [6.45, 7) is 5.11. The molecule has 1 amide bonds. The van der Waals surface area contributed by atoms with E-state index in [4.69, 9.17) is 21.3 Å². The number of unbranched alkanes of at least 4 members (excludes halogenated alkanes) is 2.